The molecule has 1 aliphatic heterocycles. The molecular formula is C11H20O3. The first-order chi connectivity index (χ1) is 6.93. The third kappa shape index (κ3) is 5.37. The number of hydrogen-bond acceptors (Lipinski definition) is 3. The number of hydrogen-bond donors (Lipinski definition) is 1. The van der Waals surface area contributed by atoms with Gasteiger partial charge in [-0.3, -0.25) is 0 Å². The summed E-state index contributed by atoms with van der Waals surface area (Å²) in [4.78, 5) is 0. The van der Waals surface area contributed by atoms with Crippen molar-refractivity contribution >= 4 is 0 Å². The average Bonchev–Trinajstić information content (AvgIpc) is 2.25. The standard InChI is InChI=1S/C11H20O3/c12-8-4-1-2-5-9-13-11-7-3-6-10-14-11/h1,4,11-12H,2-3,5-10H2/b4-1+. The summed E-state index contributed by atoms with van der Waals surface area (Å²) in [5.74, 6) is 0. The number of rotatable bonds is 6. The van der Waals surface area contributed by atoms with E-state index in [0.717, 1.165) is 32.5 Å². The van der Waals surface area contributed by atoms with Crippen LogP contribution in [0.2, 0.25) is 0 Å². The first-order valence-corrected chi connectivity index (χ1v) is 5.42. The highest BCUT2D eigenvalue weighted by molar-refractivity contribution is 4.80. The lowest BCUT2D eigenvalue weighted by Gasteiger charge is -2.22. The van der Waals surface area contributed by atoms with E-state index in [1.807, 2.05) is 6.08 Å². The van der Waals surface area contributed by atoms with Gasteiger partial charge in [0.1, 0.15) is 0 Å². The minimum atomic E-state index is 0.0329. The summed E-state index contributed by atoms with van der Waals surface area (Å²) in [6.45, 7) is 1.72. The van der Waals surface area contributed by atoms with Gasteiger partial charge in [-0.2, -0.15) is 0 Å². The van der Waals surface area contributed by atoms with Crippen molar-refractivity contribution < 1.29 is 14.6 Å². The molecule has 1 unspecified atom stereocenters. The molecule has 0 bridgehead atoms. The van der Waals surface area contributed by atoms with Gasteiger partial charge in [0.15, 0.2) is 6.29 Å². The zero-order chi connectivity index (χ0) is 10.1. The molecule has 1 aliphatic rings. The van der Waals surface area contributed by atoms with Gasteiger partial charge in [-0.05, 0) is 32.1 Å². The monoisotopic (exact) mass is 200 g/mol. The van der Waals surface area contributed by atoms with Crippen LogP contribution in [0.4, 0.5) is 0 Å². The van der Waals surface area contributed by atoms with E-state index in [9.17, 15) is 0 Å². The van der Waals surface area contributed by atoms with Crippen LogP contribution in [0.3, 0.4) is 0 Å². The van der Waals surface area contributed by atoms with E-state index in [1.54, 1.807) is 6.08 Å². The second-order valence-corrected chi connectivity index (χ2v) is 3.46. The lowest BCUT2D eigenvalue weighted by molar-refractivity contribution is -0.162. The van der Waals surface area contributed by atoms with Crippen molar-refractivity contribution in [1.82, 2.24) is 0 Å². The van der Waals surface area contributed by atoms with E-state index >= 15 is 0 Å². The van der Waals surface area contributed by atoms with Crippen LogP contribution in [0.15, 0.2) is 12.2 Å². The van der Waals surface area contributed by atoms with Gasteiger partial charge in [0, 0.05) is 6.61 Å². The fraction of sp³-hybridized carbons (Fsp3) is 0.818. The Morgan fingerprint density at radius 1 is 1.36 bits per heavy atom. The predicted octanol–water partition coefficient (Wildman–Crippen LogP) is 1.86. The molecule has 3 heteroatoms. The SMILES string of the molecule is OC/C=C/CCCOC1CCCCO1. The molecule has 0 aliphatic carbocycles. The van der Waals surface area contributed by atoms with Crippen LogP contribution in [-0.4, -0.2) is 31.2 Å². The summed E-state index contributed by atoms with van der Waals surface area (Å²) < 4.78 is 11.0. The van der Waals surface area contributed by atoms with Crippen molar-refractivity contribution in [3.63, 3.8) is 0 Å². The molecule has 0 amide bonds. The Bertz CT molecular complexity index is 151. The van der Waals surface area contributed by atoms with E-state index in [1.165, 1.54) is 12.8 Å². The van der Waals surface area contributed by atoms with Crippen LogP contribution in [-0.2, 0) is 9.47 Å². The highest BCUT2D eigenvalue weighted by Gasteiger charge is 2.12. The van der Waals surface area contributed by atoms with Crippen molar-refractivity contribution in [3.8, 4) is 0 Å². The summed E-state index contributed by atoms with van der Waals surface area (Å²) in [5.41, 5.74) is 0. The van der Waals surface area contributed by atoms with Gasteiger partial charge in [0.05, 0.1) is 13.2 Å². The smallest absolute Gasteiger partial charge is 0.157 e. The van der Waals surface area contributed by atoms with E-state index in [4.69, 9.17) is 14.6 Å². The van der Waals surface area contributed by atoms with Gasteiger partial charge in [-0.1, -0.05) is 12.2 Å². The van der Waals surface area contributed by atoms with Crippen molar-refractivity contribution in [2.45, 2.75) is 38.4 Å². The molecule has 0 aromatic heterocycles. The normalized spacial score (nSPS) is 23.1. The summed E-state index contributed by atoms with van der Waals surface area (Å²) in [6, 6.07) is 0. The summed E-state index contributed by atoms with van der Waals surface area (Å²) in [7, 11) is 0. The number of unbranched alkanes of at least 4 members (excludes halogenated alkanes) is 1. The number of ether oxygens (including phenoxy) is 2. The van der Waals surface area contributed by atoms with Crippen LogP contribution in [0, 0.1) is 0 Å². The van der Waals surface area contributed by atoms with Crippen LogP contribution in [0.25, 0.3) is 0 Å². The molecule has 1 N–H and O–H groups in total. The molecule has 82 valence electrons. The maximum atomic E-state index is 8.49. The Kier molecular flexibility index (Phi) is 6.66. The maximum Gasteiger partial charge on any atom is 0.157 e. The molecule has 1 atom stereocenters. The minimum absolute atomic E-state index is 0.0329. The second-order valence-electron chi connectivity index (χ2n) is 3.46. The zero-order valence-electron chi connectivity index (χ0n) is 8.65. The molecular weight excluding hydrogens is 180 g/mol. The van der Waals surface area contributed by atoms with Gasteiger partial charge in [0.2, 0.25) is 0 Å². The van der Waals surface area contributed by atoms with Crippen molar-refractivity contribution in [2.24, 2.45) is 0 Å². The van der Waals surface area contributed by atoms with E-state index in [-0.39, 0.29) is 12.9 Å². The average molecular weight is 200 g/mol. The van der Waals surface area contributed by atoms with Crippen LogP contribution in [0.1, 0.15) is 32.1 Å². The quantitative estimate of drug-likeness (QED) is 0.525. The zero-order valence-corrected chi connectivity index (χ0v) is 8.65. The van der Waals surface area contributed by atoms with Gasteiger partial charge < -0.3 is 14.6 Å². The van der Waals surface area contributed by atoms with Crippen LogP contribution < -0.4 is 0 Å². The molecule has 0 radical (unpaired) electrons. The summed E-state index contributed by atoms with van der Waals surface area (Å²) in [5, 5.41) is 8.49. The molecule has 0 spiro atoms. The Morgan fingerprint density at radius 3 is 3.00 bits per heavy atom. The molecule has 0 aromatic carbocycles. The third-order valence-corrected chi connectivity index (χ3v) is 2.23. The fourth-order valence-electron chi connectivity index (χ4n) is 1.45. The third-order valence-electron chi connectivity index (χ3n) is 2.23. The number of aliphatic hydroxyl groups is 1. The lowest BCUT2D eigenvalue weighted by Crippen LogP contribution is -2.22. The molecule has 0 aromatic rings. The molecule has 1 heterocycles. The Morgan fingerprint density at radius 2 is 2.29 bits per heavy atom. The van der Waals surface area contributed by atoms with Crippen LogP contribution in [0.5, 0.6) is 0 Å². The van der Waals surface area contributed by atoms with Gasteiger partial charge in [-0.25, -0.2) is 0 Å². The highest BCUT2D eigenvalue weighted by Crippen LogP contribution is 2.13. The predicted molar refractivity (Wildman–Crippen MR) is 55.0 cm³/mol. The number of aliphatic hydroxyl groups excluding tert-OH is 1. The van der Waals surface area contributed by atoms with Crippen molar-refractivity contribution in [3.05, 3.63) is 12.2 Å². The second kappa shape index (κ2) is 7.97. The van der Waals surface area contributed by atoms with E-state index in [2.05, 4.69) is 0 Å². The summed E-state index contributed by atoms with van der Waals surface area (Å²) >= 11 is 0. The van der Waals surface area contributed by atoms with Crippen molar-refractivity contribution in [1.29, 1.82) is 0 Å². The molecule has 3 nitrogen and oxygen atoms in total. The maximum absolute atomic E-state index is 8.49. The van der Waals surface area contributed by atoms with Gasteiger partial charge >= 0.3 is 0 Å². The minimum Gasteiger partial charge on any atom is -0.392 e. The van der Waals surface area contributed by atoms with Crippen LogP contribution >= 0.6 is 0 Å². The topological polar surface area (TPSA) is 38.7 Å². The highest BCUT2D eigenvalue weighted by atomic mass is 16.7. The molecule has 0 saturated carbocycles. The lowest BCUT2D eigenvalue weighted by atomic mass is 10.2. The number of allylic oxidation sites excluding steroid dienone is 1. The largest absolute Gasteiger partial charge is 0.392 e. The Balaban J connectivity index is 1.89. The molecule has 14 heavy (non-hydrogen) atoms. The Hall–Kier alpha value is -0.380. The van der Waals surface area contributed by atoms with Crippen molar-refractivity contribution in [2.75, 3.05) is 19.8 Å². The summed E-state index contributed by atoms with van der Waals surface area (Å²) in [6.07, 6.45) is 9.15. The van der Waals surface area contributed by atoms with Gasteiger partial charge in [-0.15, -0.1) is 0 Å². The van der Waals surface area contributed by atoms with E-state index < -0.39 is 0 Å². The first kappa shape index (κ1) is 11.7. The van der Waals surface area contributed by atoms with E-state index in [0.29, 0.717) is 0 Å². The van der Waals surface area contributed by atoms with Gasteiger partial charge in [0.25, 0.3) is 0 Å². The molecule has 1 rings (SSSR count). The fourth-order valence-corrected chi connectivity index (χ4v) is 1.45. The Labute approximate surface area is 85.7 Å². The molecule has 1 saturated heterocycles. The molecule has 1 fully saturated rings. The first-order valence-electron chi connectivity index (χ1n) is 5.42.